The molecule has 0 amide bonds. The van der Waals surface area contributed by atoms with E-state index in [0.717, 1.165) is 55.3 Å². The lowest BCUT2D eigenvalue weighted by Crippen LogP contribution is -2.30. The average Bonchev–Trinajstić information content (AvgIpc) is 2.92. The van der Waals surface area contributed by atoms with Crippen LogP contribution in [0.5, 0.6) is 0 Å². The van der Waals surface area contributed by atoms with Gasteiger partial charge in [0, 0.05) is 18.9 Å². The zero-order valence-electron chi connectivity index (χ0n) is 11.3. The average molecular weight is 272 g/mol. The van der Waals surface area contributed by atoms with Crippen LogP contribution < -0.4 is 5.32 Å². The van der Waals surface area contributed by atoms with Crippen molar-refractivity contribution in [2.45, 2.75) is 31.6 Å². The Morgan fingerprint density at radius 3 is 3.05 bits per heavy atom. The van der Waals surface area contributed by atoms with Crippen molar-refractivity contribution in [3.8, 4) is 5.69 Å². The molecule has 4 rings (SSSR count). The van der Waals surface area contributed by atoms with Gasteiger partial charge in [-0.05, 0) is 49.6 Å². The molecule has 104 valence electrons. The zero-order chi connectivity index (χ0) is 13.5. The summed E-state index contributed by atoms with van der Waals surface area (Å²) in [6.07, 6.45) is 3.99. The lowest BCUT2D eigenvalue weighted by Gasteiger charge is -2.25. The Morgan fingerprint density at radius 2 is 2.20 bits per heavy atom. The maximum Gasteiger partial charge on any atom is 0.142 e. The predicted molar refractivity (Wildman–Crippen MR) is 73.6 cm³/mol. The molecular weight excluding hydrogens is 255 g/mol. The number of piperidine rings is 1. The maximum absolute atomic E-state index is 13.4. The van der Waals surface area contributed by atoms with Gasteiger partial charge in [-0.3, -0.25) is 4.57 Å². The molecule has 2 aliphatic rings. The number of benzene rings is 1. The first-order valence-corrected chi connectivity index (χ1v) is 7.26. The van der Waals surface area contributed by atoms with Gasteiger partial charge in [0.1, 0.15) is 17.5 Å². The maximum atomic E-state index is 13.4. The summed E-state index contributed by atoms with van der Waals surface area (Å²) in [5.41, 5.74) is 2.11. The van der Waals surface area contributed by atoms with E-state index in [1.165, 1.54) is 12.5 Å². The van der Waals surface area contributed by atoms with Crippen LogP contribution in [-0.2, 0) is 12.8 Å². The summed E-state index contributed by atoms with van der Waals surface area (Å²) in [6.45, 7) is 2.04. The van der Waals surface area contributed by atoms with E-state index < -0.39 is 0 Å². The van der Waals surface area contributed by atoms with Crippen molar-refractivity contribution in [2.75, 3.05) is 13.1 Å². The molecule has 0 saturated carbocycles. The Hall–Kier alpha value is -1.75. The number of aryl methyl sites for hydroxylation is 2. The predicted octanol–water partition coefficient (Wildman–Crippen LogP) is 1.97. The van der Waals surface area contributed by atoms with Crippen molar-refractivity contribution in [3.63, 3.8) is 0 Å². The lowest BCUT2D eigenvalue weighted by molar-refractivity contribution is 0.441. The quantitative estimate of drug-likeness (QED) is 0.863. The van der Waals surface area contributed by atoms with Gasteiger partial charge in [-0.2, -0.15) is 0 Å². The van der Waals surface area contributed by atoms with E-state index in [1.54, 1.807) is 6.07 Å². The Labute approximate surface area is 117 Å². The fourth-order valence-electron chi connectivity index (χ4n) is 3.31. The van der Waals surface area contributed by atoms with Crippen molar-refractivity contribution in [1.29, 1.82) is 0 Å². The second-order valence-electron chi connectivity index (χ2n) is 5.63. The Balaban J connectivity index is 1.82. The third kappa shape index (κ3) is 1.85. The van der Waals surface area contributed by atoms with E-state index in [9.17, 15) is 4.39 Å². The number of hydrogen-bond donors (Lipinski definition) is 1. The molecule has 1 unspecified atom stereocenters. The van der Waals surface area contributed by atoms with E-state index >= 15 is 0 Å². The molecule has 1 aromatic heterocycles. The minimum atomic E-state index is -0.166. The monoisotopic (exact) mass is 272 g/mol. The van der Waals surface area contributed by atoms with Crippen LogP contribution in [0.3, 0.4) is 0 Å². The lowest BCUT2D eigenvalue weighted by atomic mass is 9.97. The highest BCUT2D eigenvalue weighted by Crippen LogP contribution is 2.30. The molecule has 2 aliphatic heterocycles. The zero-order valence-corrected chi connectivity index (χ0v) is 11.3. The van der Waals surface area contributed by atoms with Gasteiger partial charge in [-0.1, -0.05) is 0 Å². The van der Waals surface area contributed by atoms with Crippen LogP contribution in [0.15, 0.2) is 18.2 Å². The molecule has 1 atom stereocenters. The SMILES string of the molecule is Fc1ccc2c(c1)CCc1nnc(C3CCCNC3)n1-2. The molecule has 1 fully saturated rings. The van der Waals surface area contributed by atoms with E-state index in [2.05, 4.69) is 20.1 Å². The summed E-state index contributed by atoms with van der Waals surface area (Å²) in [6, 6.07) is 5.02. The molecule has 5 heteroatoms. The van der Waals surface area contributed by atoms with Gasteiger partial charge < -0.3 is 5.32 Å². The van der Waals surface area contributed by atoms with Gasteiger partial charge in [-0.15, -0.1) is 10.2 Å². The van der Waals surface area contributed by atoms with Crippen molar-refractivity contribution in [2.24, 2.45) is 0 Å². The summed E-state index contributed by atoms with van der Waals surface area (Å²) in [7, 11) is 0. The van der Waals surface area contributed by atoms with Gasteiger partial charge in [0.25, 0.3) is 0 Å². The van der Waals surface area contributed by atoms with E-state index in [1.807, 2.05) is 6.07 Å². The number of halogens is 1. The van der Waals surface area contributed by atoms with Crippen LogP contribution >= 0.6 is 0 Å². The molecule has 0 bridgehead atoms. The Kier molecular flexibility index (Phi) is 2.80. The molecule has 1 saturated heterocycles. The third-order valence-electron chi connectivity index (χ3n) is 4.32. The molecule has 1 aromatic carbocycles. The van der Waals surface area contributed by atoms with Crippen LogP contribution in [0.4, 0.5) is 4.39 Å². The standard InChI is InChI=1S/C15H17FN4/c16-12-4-5-13-10(8-12)3-6-14-18-19-15(20(13)14)11-2-1-7-17-9-11/h4-5,8,11,17H,1-3,6-7,9H2. The highest BCUT2D eigenvalue weighted by atomic mass is 19.1. The molecule has 2 aromatic rings. The Morgan fingerprint density at radius 1 is 1.25 bits per heavy atom. The van der Waals surface area contributed by atoms with Crippen molar-refractivity contribution in [3.05, 3.63) is 41.2 Å². The smallest absolute Gasteiger partial charge is 0.142 e. The van der Waals surface area contributed by atoms with Crippen molar-refractivity contribution < 1.29 is 4.39 Å². The first-order valence-electron chi connectivity index (χ1n) is 7.26. The molecule has 3 heterocycles. The van der Waals surface area contributed by atoms with E-state index in [4.69, 9.17) is 0 Å². The highest BCUT2D eigenvalue weighted by molar-refractivity contribution is 5.46. The second kappa shape index (κ2) is 4.66. The highest BCUT2D eigenvalue weighted by Gasteiger charge is 2.27. The molecular formula is C15H17FN4. The van der Waals surface area contributed by atoms with Crippen molar-refractivity contribution in [1.82, 2.24) is 20.1 Å². The van der Waals surface area contributed by atoms with Crippen molar-refractivity contribution >= 4 is 0 Å². The number of aromatic nitrogens is 3. The van der Waals surface area contributed by atoms with Gasteiger partial charge in [0.2, 0.25) is 0 Å². The number of rotatable bonds is 1. The van der Waals surface area contributed by atoms with Gasteiger partial charge in [0.05, 0.1) is 5.69 Å². The normalized spacial score (nSPS) is 21.4. The minimum absolute atomic E-state index is 0.166. The van der Waals surface area contributed by atoms with Gasteiger partial charge in [0.15, 0.2) is 0 Å². The summed E-state index contributed by atoms with van der Waals surface area (Å²) in [5, 5.41) is 12.2. The van der Waals surface area contributed by atoms with Crippen LogP contribution in [0.1, 0.15) is 36.0 Å². The Bertz CT molecular complexity index is 643. The number of nitrogens with one attached hydrogen (secondary N) is 1. The molecule has 4 nitrogen and oxygen atoms in total. The molecule has 0 aliphatic carbocycles. The second-order valence-corrected chi connectivity index (χ2v) is 5.63. The first kappa shape index (κ1) is 12.0. The number of nitrogens with zero attached hydrogens (tertiary/aromatic N) is 3. The first-order chi connectivity index (χ1) is 9.83. The molecule has 0 radical (unpaired) electrons. The van der Waals surface area contributed by atoms with Gasteiger partial charge >= 0.3 is 0 Å². The van der Waals surface area contributed by atoms with Crippen LogP contribution in [0.25, 0.3) is 5.69 Å². The third-order valence-corrected chi connectivity index (χ3v) is 4.32. The van der Waals surface area contributed by atoms with Crippen LogP contribution in [-0.4, -0.2) is 27.9 Å². The number of hydrogen-bond acceptors (Lipinski definition) is 3. The summed E-state index contributed by atoms with van der Waals surface area (Å²) < 4.78 is 15.5. The van der Waals surface area contributed by atoms with E-state index in [-0.39, 0.29) is 5.82 Å². The largest absolute Gasteiger partial charge is 0.316 e. The molecule has 0 spiro atoms. The molecule has 20 heavy (non-hydrogen) atoms. The fraction of sp³-hybridized carbons (Fsp3) is 0.467. The topological polar surface area (TPSA) is 42.7 Å². The summed E-state index contributed by atoms with van der Waals surface area (Å²) in [4.78, 5) is 0. The summed E-state index contributed by atoms with van der Waals surface area (Å²) in [5.74, 6) is 2.27. The molecule has 1 N–H and O–H groups in total. The minimum Gasteiger partial charge on any atom is -0.316 e. The number of fused-ring (bicyclic) bond motifs is 3. The summed E-state index contributed by atoms with van der Waals surface area (Å²) >= 11 is 0. The fourth-order valence-corrected chi connectivity index (χ4v) is 3.31. The van der Waals surface area contributed by atoms with E-state index in [0.29, 0.717) is 5.92 Å². The van der Waals surface area contributed by atoms with Crippen LogP contribution in [0.2, 0.25) is 0 Å². The van der Waals surface area contributed by atoms with Crippen LogP contribution in [0, 0.1) is 5.82 Å². The van der Waals surface area contributed by atoms with Gasteiger partial charge in [-0.25, -0.2) is 4.39 Å².